The molecule has 0 aliphatic carbocycles. The number of amides is 1. The standard InChI is InChI=1S/C10H14F3NO4/c1-9(7(15)16)2-4-14(5-3-9)8(17)18-6-10(11,12)13/h2-6H2,1H3,(H,15,16). The van der Waals surface area contributed by atoms with Crippen molar-refractivity contribution in [2.45, 2.75) is 25.9 Å². The quantitative estimate of drug-likeness (QED) is 0.831. The molecule has 0 aromatic carbocycles. The number of hydrogen-bond acceptors (Lipinski definition) is 3. The minimum atomic E-state index is -4.55. The fourth-order valence-electron chi connectivity index (χ4n) is 1.63. The van der Waals surface area contributed by atoms with Gasteiger partial charge in [0.05, 0.1) is 5.41 Å². The van der Waals surface area contributed by atoms with Gasteiger partial charge in [0.15, 0.2) is 6.61 Å². The first-order chi connectivity index (χ1) is 8.14. The summed E-state index contributed by atoms with van der Waals surface area (Å²) < 4.78 is 39.6. The van der Waals surface area contributed by atoms with Crippen LogP contribution in [0.2, 0.25) is 0 Å². The van der Waals surface area contributed by atoms with Crippen LogP contribution in [-0.2, 0) is 9.53 Å². The minimum absolute atomic E-state index is 0.0828. The third-order valence-electron chi connectivity index (χ3n) is 3.00. The number of alkyl halides is 3. The summed E-state index contributed by atoms with van der Waals surface area (Å²) >= 11 is 0. The van der Waals surface area contributed by atoms with E-state index in [1.165, 1.54) is 0 Å². The molecule has 1 aliphatic rings. The van der Waals surface area contributed by atoms with E-state index in [1.807, 2.05) is 0 Å². The van der Waals surface area contributed by atoms with E-state index < -0.39 is 30.3 Å². The zero-order chi connectivity index (χ0) is 14.0. The van der Waals surface area contributed by atoms with Gasteiger partial charge in [-0.05, 0) is 19.8 Å². The third-order valence-corrected chi connectivity index (χ3v) is 3.00. The lowest BCUT2D eigenvalue weighted by Crippen LogP contribution is -2.45. The van der Waals surface area contributed by atoms with Gasteiger partial charge in [-0.3, -0.25) is 4.79 Å². The summed E-state index contributed by atoms with van der Waals surface area (Å²) in [6.07, 6.45) is -5.21. The molecule has 104 valence electrons. The molecule has 8 heteroatoms. The highest BCUT2D eigenvalue weighted by Gasteiger charge is 2.39. The van der Waals surface area contributed by atoms with Gasteiger partial charge in [0.1, 0.15) is 0 Å². The summed E-state index contributed by atoms with van der Waals surface area (Å²) in [5.74, 6) is -0.967. The SMILES string of the molecule is CC1(C(=O)O)CCN(C(=O)OCC(F)(F)F)CC1. The predicted octanol–water partition coefficient (Wildman–Crippen LogP) is 1.87. The second-order valence-corrected chi connectivity index (χ2v) is 4.52. The topological polar surface area (TPSA) is 66.8 Å². The van der Waals surface area contributed by atoms with E-state index in [0.717, 1.165) is 4.90 Å². The lowest BCUT2D eigenvalue weighted by atomic mass is 9.81. The molecule has 0 aromatic rings. The highest BCUT2D eigenvalue weighted by molar-refractivity contribution is 5.75. The number of hydrogen-bond donors (Lipinski definition) is 1. The van der Waals surface area contributed by atoms with Crippen molar-refractivity contribution in [1.82, 2.24) is 4.90 Å². The Balaban J connectivity index is 2.43. The number of carboxylic acids is 1. The maximum atomic E-state index is 11.8. The van der Waals surface area contributed by atoms with E-state index in [1.54, 1.807) is 6.92 Å². The van der Waals surface area contributed by atoms with Gasteiger partial charge < -0.3 is 14.7 Å². The van der Waals surface area contributed by atoms with Crippen molar-refractivity contribution in [3.05, 3.63) is 0 Å². The lowest BCUT2D eigenvalue weighted by molar-refractivity contribution is -0.163. The van der Waals surface area contributed by atoms with E-state index in [4.69, 9.17) is 5.11 Å². The molecule has 1 rings (SSSR count). The molecule has 1 N–H and O–H groups in total. The van der Waals surface area contributed by atoms with Crippen LogP contribution in [0.4, 0.5) is 18.0 Å². The Hall–Kier alpha value is -1.47. The summed E-state index contributed by atoms with van der Waals surface area (Å²) in [5, 5.41) is 8.95. The number of carboxylic acid groups (broad SMARTS) is 1. The largest absolute Gasteiger partial charge is 0.481 e. The summed E-state index contributed by atoms with van der Waals surface area (Å²) in [6, 6.07) is 0. The number of likely N-dealkylation sites (tertiary alicyclic amines) is 1. The van der Waals surface area contributed by atoms with Gasteiger partial charge in [-0.1, -0.05) is 0 Å². The maximum absolute atomic E-state index is 11.8. The van der Waals surface area contributed by atoms with Crippen molar-refractivity contribution in [3.63, 3.8) is 0 Å². The molecule has 0 bridgehead atoms. The van der Waals surface area contributed by atoms with Gasteiger partial charge in [-0.2, -0.15) is 13.2 Å². The van der Waals surface area contributed by atoms with Crippen LogP contribution >= 0.6 is 0 Å². The number of halogens is 3. The van der Waals surface area contributed by atoms with Crippen molar-refractivity contribution in [3.8, 4) is 0 Å². The normalized spacial score (nSPS) is 19.4. The zero-order valence-corrected chi connectivity index (χ0v) is 9.79. The Kier molecular flexibility index (Phi) is 4.08. The number of carbonyl (C=O) groups excluding carboxylic acids is 1. The molecule has 1 aliphatic heterocycles. The number of nitrogens with zero attached hydrogens (tertiary/aromatic N) is 1. The van der Waals surface area contributed by atoms with Crippen molar-refractivity contribution in [2.24, 2.45) is 5.41 Å². The molecule has 5 nitrogen and oxygen atoms in total. The summed E-state index contributed by atoms with van der Waals surface area (Å²) in [5.41, 5.74) is -0.930. The molecular weight excluding hydrogens is 255 g/mol. The van der Waals surface area contributed by atoms with Crippen LogP contribution in [0.3, 0.4) is 0 Å². The lowest BCUT2D eigenvalue weighted by Gasteiger charge is -2.35. The summed E-state index contributed by atoms with van der Waals surface area (Å²) in [7, 11) is 0. The first-order valence-corrected chi connectivity index (χ1v) is 5.36. The van der Waals surface area contributed by atoms with Crippen LogP contribution in [0.25, 0.3) is 0 Å². The molecule has 18 heavy (non-hydrogen) atoms. The van der Waals surface area contributed by atoms with E-state index in [9.17, 15) is 22.8 Å². The van der Waals surface area contributed by atoms with Gasteiger partial charge in [-0.15, -0.1) is 0 Å². The molecule has 0 atom stereocenters. The first-order valence-electron chi connectivity index (χ1n) is 5.36. The molecule has 0 spiro atoms. The van der Waals surface area contributed by atoms with Gasteiger partial charge in [0, 0.05) is 13.1 Å². The molecular formula is C10H14F3NO4. The van der Waals surface area contributed by atoms with Gasteiger partial charge >= 0.3 is 18.2 Å². The van der Waals surface area contributed by atoms with E-state index in [-0.39, 0.29) is 25.9 Å². The van der Waals surface area contributed by atoms with E-state index in [2.05, 4.69) is 4.74 Å². The van der Waals surface area contributed by atoms with Crippen LogP contribution in [0.15, 0.2) is 0 Å². The van der Waals surface area contributed by atoms with Gasteiger partial charge in [-0.25, -0.2) is 4.79 Å². The molecule has 0 saturated carbocycles. The second kappa shape index (κ2) is 5.03. The highest BCUT2D eigenvalue weighted by atomic mass is 19.4. The zero-order valence-electron chi connectivity index (χ0n) is 9.79. The van der Waals surface area contributed by atoms with Gasteiger partial charge in [0.2, 0.25) is 0 Å². The highest BCUT2D eigenvalue weighted by Crippen LogP contribution is 2.31. The van der Waals surface area contributed by atoms with Crippen LogP contribution < -0.4 is 0 Å². The number of ether oxygens (including phenoxy) is 1. The first kappa shape index (κ1) is 14.6. The van der Waals surface area contributed by atoms with Crippen molar-refractivity contribution in [2.75, 3.05) is 19.7 Å². The van der Waals surface area contributed by atoms with Crippen molar-refractivity contribution in [1.29, 1.82) is 0 Å². The van der Waals surface area contributed by atoms with Crippen LogP contribution in [0.5, 0.6) is 0 Å². The molecule has 1 heterocycles. The van der Waals surface area contributed by atoms with Crippen LogP contribution in [-0.4, -0.2) is 47.9 Å². The fourth-order valence-corrected chi connectivity index (χ4v) is 1.63. The van der Waals surface area contributed by atoms with E-state index in [0.29, 0.717) is 0 Å². The Bertz CT molecular complexity index is 335. The molecule has 1 saturated heterocycles. The number of aliphatic carboxylic acids is 1. The monoisotopic (exact) mass is 269 g/mol. The molecule has 0 radical (unpaired) electrons. The summed E-state index contributed by atoms with van der Waals surface area (Å²) in [4.78, 5) is 23.3. The smallest absolute Gasteiger partial charge is 0.422 e. The minimum Gasteiger partial charge on any atom is -0.481 e. The van der Waals surface area contributed by atoms with Gasteiger partial charge in [0.25, 0.3) is 0 Å². The Morgan fingerprint density at radius 2 is 1.83 bits per heavy atom. The third kappa shape index (κ3) is 3.78. The molecule has 0 aromatic heterocycles. The number of piperidine rings is 1. The Morgan fingerprint density at radius 3 is 2.22 bits per heavy atom. The van der Waals surface area contributed by atoms with Crippen LogP contribution in [0.1, 0.15) is 19.8 Å². The molecule has 1 fully saturated rings. The van der Waals surface area contributed by atoms with E-state index >= 15 is 0 Å². The fraction of sp³-hybridized carbons (Fsp3) is 0.800. The Morgan fingerprint density at radius 1 is 1.33 bits per heavy atom. The predicted molar refractivity (Wildman–Crippen MR) is 54.0 cm³/mol. The number of carbonyl (C=O) groups is 2. The van der Waals surface area contributed by atoms with Crippen molar-refractivity contribution < 1.29 is 32.6 Å². The van der Waals surface area contributed by atoms with Crippen LogP contribution in [0, 0.1) is 5.41 Å². The summed E-state index contributed by atoms with van der Waals surface area (Å²) in [6.45, 7) is 0.0885. The maximum Gasteiger partial charge on any atom is 0.422 e. The second-order valence-electron chi connectivity index (χ2n) is 4.52. The van der Waals surface area contributed by atoms with Crippen molar-refractivity contribution >= 4 is 12.1 Å². The average molecular weight is 269 g/mol. The molecule has 1 amide bonds. The number of rotatable bonds is 2. The Labute approximate surface area is 102 Å². The average Bonchev–Trinajstić information content (AvgIpc) is 2.26. The molecule has 0 unspecified atom stereocenters.